The van der Waals surface area contributed by atoms with Crippen LogP contribution in [0, 0.1) is 4.91 Å². The largest absolute Gasteiger partial charge is 0.480 e. The molecule has 0 rings (SSSR count). The minimum Gasteiger partial charge on any atom is -0.480 e. The Bertz CT molecular complexity index is 443. The van der Waals surface area contributed by atoms with Gasteiger partial charge in [0.1, 0.15) is 11.8 Å². The number of rotatable bonds is 12. The van der Waals surface area contributed by atoms with Gasteiger partial charge in [0, 0.05) is 41.5 Å². The van der Waals surface area contributed by atoms with E-state index in [9.17, 15) is 24.1 Å². The van der Waals surface area contributed by atoms with Gasteiger partial charge in [-0.05, 0) is 13.3 Å². The summed E-state index contributed by atoms with van der Waals surface area (Å²) in [4.78, 5) is 55.1. The summed E-state index contributed by atoms with van der Waals surface area (Å²) in [7, 11) is 0. The van der Waals surface area contributed by atoms with Crippen LogP contribution in [0.5, 0.6) is 0 Å². The molecule has 0 heterocycles. The number of nitrogens with zero attached hydrogens (tertiary/aromatic N) is 1. The molecule has 0 aromatic carbocycles. The second-order valence-corrected chi connectivity index (χ2v) is 5.38. The number of nitroso groups, excluding NO2 is 1. The number of amides is 1. The molecule has 0 aliphatic rings. The first-order valence-corrected chi connectivity index (χ1v) is 7.46. The first-order valence-electron chi connectivity index (χ1n) is 6.52. The van der Waals surface area contributed by atoms with E-state index >= 15 is 0 Å². The van der Waals surface area contributed by atoms with Crippen molar-refractivity contribution in [3.63, 3.8) is 0 Å². The van der Waals surface area contributed by atoms with Crippen LogP contribution in [-0.4, -0.2) is 46.4 Å². The van der Waals surface area contributed by atoms with Gasteiger partial charge in [0.2, 0.25) is 5.91 Å². The van der Waals surface area contributed by atoms with Crippen molar-refractivity contribution < 1.29 is 24.3 Å². The number of hydrogen-bond acceptors (Lipinski definition) is 8. The van der Waals surface area contributed by atoms with Crippen LogP contribution < -0.4 is 11.1 Å². The van der Waals surface area contributed by atoms with Gasteiger partial charge in [-0.3, -0.25) is 14.4 Å². The van der Waals surface area contributed by atoms with E-state index < -0.39 is 24.0 Å². The maximum Gasteiger partial charge on any atom is 0.320 e. The molecule has 0 saturated carbocycles. The van der Waals surface area contributed by atoms with Gasteiger partial charge in [-0.1, -0.05) is 0 Å². The van der Waals surface area contributed by atoms with Crippen molar-refractivity contribution in [2.24, 2.45) is 10.3 Å². The highest BCUT2D eigenvalue weighted by Crippen LogP contribution is 2.08. The minimum absolute atomic E-state index is 0.0447. The van der Waals surface area contributed by atoms with Crippen molar-refractivity contribution in [1.82, 2.24) is 5.32 Å². The molecule has 0 aliphatic heterocycles. The van der Waals surface area contributed by atoms with Gasteiger partial charge < -0.3 is 21.0 Å². The zero-order valence-corrected chi connectivity index (χ0v) is 12.9. The standard InChI is InChI=1S/C12H19N3O6S/c1-7(16)2-4-10(17)9(6-22-15-21)14-11(18)5-3-8(13)12(19)20/h8-9H,2-6,13H2,1H3,(H,14,18)(H,19,20). The number of nitrogens with two attached hydrogens (primary N) is 1. The third-order valence-electron chi connectivity index (χ3n) is 2.74. The van der Waals surface area contributed by atoms with Gasteiger partial charge in [0.15, 0.2) is 5.78 Å². The van der Waals surface area contributed by atoms with Gasteiger partial charge in [-0.25, -0.2) is 0 Å². The number of aliphatic carboxylic acids is 1. The predicted molar refractivity (Wildman–Crippen MR) is 80.0 cm³/mol. The third kappa shape index (κ3) is 9.19. The number of carboxylic acid groups (broad SMARTS) is 1. The fourth-order valence-corrected chi connectivity index (χ4v) is 1.95. The molecule has 0 radical (unpaired) electrons. The number of carboxylic acids is 1. The van der Waals surface area contributed by atoms with E-state index in [2.05, 4.69) is 9.90 Å². The van der Waals surface area contributed by atoms with Crippen molar-refractivity contribution in [3.05, 3.63) is 4.91 Å². The normalized spacial score (nSPS) is 13.0. The Kier molecular flexibility index (Phi) is 9.96. The van der Waals surface area contributed by atoms with Crippen LogP contribution in [0.25, 0.3) is 0 Å². The fourth-order valence-electron chi connectivity index (χ4n) is 1.47. The Morgan fingerprint density at radius 3 is 2.36 bits per heavy atom. The van der Waals surface area contributed by atoms with E-state index in [0.29, 0.717) is 11.9 Å². The molecule has 4 N–H and O–H groups in total. The van der Waals surface area contributed by atoms with E-state index in [4.69, 9.17) is 10.8 Å². The molecule has 22 heavy (non-hydrogen) atoms. The predicted octanol–water partition coefficient (Wildman–Crippen LogP) is 0.0162. The SMILES string of the molecule is CC(=O)CCC(=O)C(CSN=O)NC(=O)CCC(N)C(=O)O. The van der Waals surface area contributed by atoms with Crippen molar-refractivity contribution in [3.8, 4) is 0 Å². The zero-order valence-electron chi connectivity index (χ0n) is 12.1. The molecular weight excluding hydrogens is 314 g/mol. The Morgan fingerprint density at radius 1 is 1.23 bits per heavy atom. The molecule has 0 saturated heterocycles. The number of nitrogens with one attached hydrogen (secondary N) is 1. The van der Waals surface area contributed by atoms with Crippen LogP contribution in [0.15, 0.2) is 4.58 Å². The summed E-state index contributed by atoms with van der Waals surface area (Å²) >= 11 is 0.580. The lowest BCUT2D eigenvalue weighted by Crippen LogP contribution is -2.43. The van der Waals surface area contributed by atoms with Crippen LogP contribution in [0.1, 0.15) is 32.6 Å². The van der Waals surface area contributed by atoms with Crippen molar-refractivity contribution in [1.29, 1.82) is 0 Å². The Morgan fingerprint density at radius 2 is 1.86 bits per heavy atom. The van der Waals surface area contributed by atoms with Crippen molar-refractivity contribution in [2.75, 3.05) is 5.75 Å². The Labute approximate surface area is 131 Å². The maximum absolute atomic E-state index is 11.9. The molecule has 1 amide bonds. The number of carbonyl (C=O) groups is 4. The lowest BCUT2D eigenvalue weighted by Gasteiger charge is -2.16. The summed E-state index contributed by atoms with van der Waals surface area (Å²) in [6, 6.07) is -2.11. The van der Waals surface area contributed by atoms with Crippen LogP contribution in [0.3, 0.4) is 0 Å². The maximum atomic E-state index is 11.9. The van der Waals surface area contributed by atoms with Crippen LogP contribution in [0.4, 0.5) is 0 Å². The first kappa shape index (κ1) is 20.2. The summed E-state index contributed by atoms with van der Waals surface area (Å²) < 4.78 is 2.56. The average molecular weight is 333 g/mol. The summed E-state index contributed by atoms with van der Waals surface area (Å²) in [5.74, 6) is -2.36. The lowest BCUT2D eigenvalue weighted by molar-refractivity contribution is -0.138. The second kappa shape index (κ2) is 10.9. The smallest absolute Gasteiger partial charge is 0.320 e. The van der Waals surface area contributed by atoms with Crippen LogP contribution in [0.2, 0.25) is 0 Å². The fraction of sp³-hybridized carbons (Fsp3) is 0.667. The van der Waals surface area contributed by atoms with Gasteiger partial charge in [0.25, 0.3) is 0 Å². The topological polar surface area (TPSA) is 156 Å². The summed E-state index contributed by atoms with van der Waals surface area (Å²) in [6.45, 7) is 1.34. The summed E-state index contributed by atoms with van der Waals surface area (Å²) in [6.07, 6.45) is -0.236. The molecule has 2 atom stereocenters. The lowest BCUT2D eigenvalue weighted by atomic mass is 10.1. The molecule has 0 spiro atoms. The molecule has 0 aromatic heterocycles. The number of ketones is 2. The van der Waals surface area contributed by atoms with Gasteiger partial charge in [0.05, 0.1) is 6.04 Å². The number of Topliss-reactive ketones (excluding diaryl/α,β-unsaturated/α-hetero) is 2. The van der Waals surface area contributed by atoms with Gasteiger partial charge in [-0.15, -0.1) is 4.91 Å². The van der Waals surface area contributed by atoms with Crippen molar-refractivity contribution >= 4 is 35.4 Å². The molecule has 0 aromatic rings. The third-order valence-corrected chi connectivity index (χ3v) is 3.33. The monoisotopic (exact) mass is 333 g/mol. The average Bonchev–Trinajstić information content (AvgIpc) is 2.46. The Balaban J connectivity index is 4.46. The summed E-state index contributed by atoms with van der Waals surface area (Å²) in [5, 5.41) is 11.0. The molecule has 0 bridgehead atoms. The second-order valence-electron chi connectivity index (χ2n) is 4.64. The molecular formula is C12H19N3O6S. The molecule has 0 aliphatic carbocycles. The first-order chi connectivity index (χ1) is 10.3. The Hall–Kier alpha value is -1.81. The molecule has 2 unspecified atom stereocenters. The molecule has 124 valence electrons. The van der Waals surface area contributed by atoms with Gasteiger partial charge in [-0.2, -0.15) is 0 Å². The van der Waals surface area contributed by atoms with E-state index in [1.807, 2.05) is 0 Å². The quantitative estimate of drug-likeness (QED) is 0.333. The molecule has 9 nitrogen and oxygen atoms in total. The highest BCUT2D eigenvalue weighted by molar-refractivity contribution is 7.97. The van der Waals surface area contributed by atoms with Crippen molar-refractivity contribution in [2.45, 2.75) is 44.7 Å². The van der Waals surface area contributed by atoms with Crippen LogP contribution in [-0.2, 0) is 19.2 Å². The van der Waals surface area contributed by atoms with Gasteiger partial charge >= 0.3 is 5.97 Å². The van der Waals surface area contributed by atoms with E-state index in [1.165, 1.54) is 6.92 Å². The van der Waals surface area contributed by atoms with Crippen LogP contribution >= 0.6 is 11.9 Å². The highest BCUT2D eigenvalue weighted by Gasteiger charge is 2.22. The minimum atomic E-state index is -1.22. The highest BCUT2D eigenvalue weighted by atomic mass is 32.2. The molecule has 10 heteroatoms. The number of hydrogen-bond donors (Lipinski definition) is 3. The zero-order chi connectivity index (χ0) is 17.1. The van der Waals surface area contributed by atoms with E-state index in [-0.39, 0.29) is 43.0 Å². The molecule has 0 fully saturated rings. The summed E-state index contributed by atoms with van der Waals surface area (Å²) in [5.41, 5.74) is 5.27. The number of carbonyl (C=O) groups excluding carboxylic acids is 3. The van der Waals surface area contributed by atoms with E-state index in [1.54, 1.807) is 0 Å². The van der Waals surface area contributed by atoms with E-state index in [0.717, 1.165) is 0 Å².